The van der Waals surface area contributed by atoms with Crippen molar-refractivity contribution in [2.24, 2.45) is 0 Å². The highest BCUT2D eigenvalue weighted by Crippen LogP contribution is 2.26. The number of hydrogen-bond acceptors (Lipinski definition) is 3. The molecule has 0 aliphatic heterocycles. The van der Waals surface area contributed by atoms with Crippen molar-refractivity contribution in [3.63, 3.8) is 0 Å². The van der Waals surface area contributed by atoms with Gasteiger partial charge >= 0.3 is 0 Å². The summed E-state index contributed by atoms with van der Waals surface area (Å²) in [7, 11) is 2.00. The summed E-state index contributed by atoms with van der Waals surface area (Å²) in [6, 6.07) is 0.436. The van der Waals surface area contributed by atoms with Crippen LogP contribution < -0.4 is 5.32 Å². The van der Waals surface area contributed by atoms with Crippen LogP contribution in [0.3, 0.4) is 0 Å². The highest BCUT2D eigenvalue weighted by molar-refractivity contribution is 5.23. The third-order valence-corrected chi connectivity index (χ3v) is 2.64. The van der Waals surface area contributed by atoms with Crippen LogP contribution in [0, 0.1) is 6.92 Å². The minimum atomic E-state index is 0.436. The minimum absolute atomic E-state index is 0.436. The van der Waals surface area contributed by atoms with Crippen LogP contribution in [0.4, 0.5) is 0 Å². The zero-order valence-corrected chi connectivity index (χ0v) is 8.17. The zero-order chi connectivity index (χ0) is 9.26. The molecule has 70 valence electrons. The lowest BCUT2D eigenvalue weighted by Gasteiger charge is -2.23. The number of aromatic nitrogens is 2. The van der Waals surface area contributed by atoms with Gasteiger partial charge in [-0.3, -0.25) is 0 Å². The molecule has 1 aromatic heterocycles. The Hall–Kier alpha value is -0.960. The van der Waals surface area contributed by atoms with Crippen LogP contribution in [0.15, 0.2) is 6.20 Å². The lowest BCUT2D eigenvalue weighted by atomic mass is 9.93. The third kappa shape index (κ3) is 1.56. The minimum Gasteiger partial charge on any atom is -0.312 e. The number of hydrogen-bond donors (Lipinski definition) is 1. The van der Waals surface area contributed by atoms with Crippen LogP contribution in [0.2, 0.25) is 0 Å². The molecule has 13 heavy (non-hydrogen) atoms. The maximum Gasteiger partial charge on any atom is 0.125 e. The summed E-state index contributed by atoms with van der Waals surface area (Å²) < 4.78 is 0. The van der Waals surface area contributed by atoms with Gasteiger partial charge in [0, 0.05) is 12.2 Å². The van der Waals surface area contributed by atoms with Gasteiger partial charge in [-0.25, -0.2) is 9.97 Å². The van der Waals surface area contributed by atoms with Crippen LogP contribution in [0.25, 0.3) is 0 Å². The van der Waals surface area contributed by atoms with E-state index in [1.807, 2.05) is 20.2 Å². The molecule has 1 aliphatic carbocycles. The number of nitrogens with zero attached hydrogens (tertiary/aromatic N) is 2. The molecule has 1 unspecified atom stereocenters. The maximum atomic E-state index is 4.49. The first-order valence-corrected chi connectivity index (χ1v) is 4.81. The Balaban J connectivity index is 2.41. The van der Waals surface area contributed by atoms with Crippen LogP contribution in [-0.2, 0) is 6.42 Å². The Morgan fingerprint density at radius 2 is 2.38 bits per heavy atom. The van der Waals surface area contributed by atoms with Crippen LogP contribution in [-0.4, -0.2) is 17.0 Å². The molecule has 0 radical (unpaired) electrons. The van der Waals surface area contributed by atoms with E-state index in [1.54, 1.807) is 0 Å². The van der Waals surface area contributed by atoms with Crippen molar-refractivity contribution < 1.29 is 0 Å². The Labute approximate surface area is 78.6 Å². The monoisotopic (exact) mass is 177 g/mol. The molecule has 1 aromatic rings. The highest BCUT2D eigenvalue weighted by atomic mass is 15.0. The van der Waals surface area contributed by atoms with Gasteiger partial charge in [-0.2, -0.15) is 0 Å². The highest BCUT2D eigenvalue weighted by Gasteiger charge is 2.20. The molecular formula is C10H15N3. The van der Waals surface area contributed by atoms with Crippen molar-refractivity contribution in [1.29, 1.82) is 0 Å². The summed E-state index contributed by atoms with van der Waals surface area (Å²) in [5, 5.41) is 3.30. The summed E-state index contributed by atoms with van der Waals surface area (Å²) >= 11 is 0. The van der Waals surface area contributed by atoms with Crippen molar-refractivity contribution >= 4 is 0 Å². The number of aryl methyl sites for hydroxylation is 2. The molecule has 1 aliphatic rings. The topological polar surface area (TPSA) is 37.8 Å². The van der Waals surface area contributed by atoms with E-state index >= 15 is 0 Å². The fourth-order valence-corrected chi connectivity index (χ4v) is 1.92. The number of nitrogens with one attached hydrogen (secondary N) is 1. The van der Waals surface area contributed by atoms with E-state index in [4.69, 9.17) is 0 Å². The summed E-state index contributed by atoms with van der Waals surface area (Å²) in [6.45, 7) is 1.95. The lowest BCUT2D eigenvalue weighted by Crippen LogP contribution is -2.23. The molecule has 0 spiro atoms. The zero-order valence-electron chi connectivity index (χ0n) is 8.17. The molecule has 1 N–H and O–H groups in total. The van der Waals surface area contributed by atoms with E-state index in [9.17, 15) is 0 Å². The van der Waals surface area contributed by atoms with Gasteiger partial charge in [0.05, 0.1) is 5.69 Å². The van der Waals surface area contributed by atoms with E-state index < -0.39 is 0 Å². The Kier molecular flexibility index (Phi) is 2.27. The lowest BCUT2D eigenvalue weighted by molar-refractivity contribution is 0.479. The summed E-state index contributed by atoms with van der Waals surface area (Å²) in [6.07, 6.45) is 5.54. The quantitative estimate of drug-likeness (QED) is 0.704. The largest absolute Gasteiger partial charge is 0.312 e. The second kappa shape index (κ2) is 3.42. The van der Waals surface area contributed by atoms with Crippen molar-refractivity contribution in [2.75, 3.05) is 7.05 Å². The van der Waals surface area contributed by atoms with E-state index in [1.165, 1.54) is 24.1 Å². The Morgan fingerprint density at radius 3 is 3.15 bits per heavy atom. The molecule has 0 fully saturated rings. The predicted octanol–water partition coefficient (Wildman–Crippen LogP) is 1.38. The average Bonchev–Trinajstić information content (AvgIpc) is 2.17. The third-order valence-electron chi connectivity index (χ3n) is 2.64. The second-order valence-corrected chi connectivity index (χ2v) is 3.56. The smallest absolute Gasteiger partial charge is 0.125 e. The van der Waals surface area contributed by atoms with Crippen molar-refractivity contribution in [3.8, 4) is 0 Å². The first-order chi connectivity index (χ1) is 6.31. The summed E-state index contributed by atoms with van der Waals surface area (Å²) in [5.41, 5.74) is 2.53. The molecule has 0 saturated carbocycles. The summed E-state index contributed by atoms with van der Waals surface area (Å²) in [5.74, 6) is 0.876. The van der Waals surface area contributed by atoms with E-state index in [0.717, 1.165) is 12.2 Å². The standard InChI is InChI=1S/C10H15N3/c1-7-12-6-8-4-3-5-9(11-2)10(8)13-7/h6,9,11H,3-5H2,1-2H3. The normalized spacial score (nSPS) is 21.2. The molecule has 2 rings (SSSR count). The Morgan fingerprint density at radius 1 is 1.54 bits per heavy atom. The fourth-order valence-electron chi connectivity index (χ4n) is 1.92. The second-order valence-electron chi connectivity index (χ2n) is 3.56. The molecule has 0 amide bonds. The Bertz CT molecular complexity index is 309. The first kappa shape index (κ1) is 8.63. The van der Waals surface area contributed by atoms with Gasteiger partial charge in [0.1, 0.15) is 5.82 Å². The first-order valence-electron chi connectivity index (χ1n) is 4.81. The molecule has 1 heterocycles. The van der Waals surface area contributed by atoms with Gasteiger partial charge in [0.25, 0.3) is 0 Å². The molecule has 0 bridgehead atoms. The predicted molar refractivity (Wildman–Crippen MR) is 51.5 cm³/mol. The van der Waals surface area contributed by atoms with E-state index in [2.05, 4.69) is 15.3 Å². The SMILES string of the molecule is CNC1CCCc2cnc(C)nc21. The van der Waals surface area contributed by atoms with E-state index in [0.29, 0.717) is 6.04 Å². The number of rotatable bonds is 1. The summed E-state index contributed by atoms with van der Waals surface area (Å²) in [4.78, 5) is 8.71. The van der Waals surface area contributed by atoms with Gasteiger partial charge in [-0.05, 0) is 38.8 Å². The average molecular weight is 177 g/mol. The number of fused-ring (bicyclic) bond motifs is 1. The molecule has 3 nitrogen and oxygen atoms in total. The van der Waals surface area contributed by atoms with Gasteiger partial charge in [-0.1, -0.05) is 0 Å². The molecule has 1 atom stereocenters. The van der Waals surface area contributed by atoms with Crippen LogP contribution in [0.5, 0.6) is 0 Å². The maximum absolute atomic E-state index is 4.49. The molecule has 0 saturated heterocycles. The van der Waals surface area contributed by atoms with Gasteiger partial charge in [-0.15, -0.1) is 0 Å². The fraction of sp³-hybridized carbons (Fsp3) is 0.600. The van der Waals surface area contributed by atoms with Gasteiger partial charge in [0.15, 0.2) is 0 Å². The van der Waals surface area contributed by atoms with E-state index in [-0.39, 0.29) is 0 Å². The molecule has 0 aromatic carbocycles. The van der Waals surface area contributed by atoms with Crippen LogP contribution >= 0.6 is 0 Å². The van der Waals surface area contributed by atoms with Gasteiger partial charge in [0.2, 0.25) is 0 Å². The van der Waals surface area contributed by atoms with Crippen molar-refractivity contribution in [2.45, 2.75) is 32.2 Å². The molecular weight excluding hydrogens is 162 g/mol. The molecule has 3 heteroatoms. The van der Waals surface area contributed by atoms with Gasteiger partial charge < -0.3 is 5.32 Å². The van der Waals surface area contributed by atoms with Crippen molar-refractivity contribution in [1.82, 2.24) is 15.3 Å². The van der Waals surface area contributed by atoms with Crippen molar-refractivity contribution in [3.05, 3.63) is 23.3 Å². The van der Waals surface area contributed by atoms with Crippen LogP contribution in [0.1, 0.15) is 36.0 Å².